The van der Waals surface area contributed by atoms with E-state index in [9.17, 15) is 4.79 Å². The van der Waals surface area contributed by atoms with Crippen LogP contribution in [0.5, 0.6) is 11.6 Å². The molecule has 0 saturated heterocycles. The third-order valence-electron chi connectivity index (χ3n) is 3.89. The molecule has 3 rings (SSSR count). The Hall–Kier alpha value is -2.56. The van der Waals surface area contributed by atoms with Gasteiger partial charge in [-0.1, -0.05) is 17.7 Å². The first kappa shape index (κ1) is 15.3. The summed E-state index contributed by atoms with van der Waals surface area (Å²) in [6.45, 7) is 4.95. The number of benzene rings is 1. The van der Waals surface area contributed by atoms with E-state index in [1.165, 1.54) is 0 Å². The third-order valence-corrected chi connectivity index (χ3v) is 3.89. The van der Waals surface area contributed by atoms with Crippen molar-refractivity contribution in [2.45, 2.75) is 20.3 Å². The normalized spacial score (nSPS) is 13.3. The Morgan fingerprint density at radius 1 is 1.30 bits per heavy atom. The van der Waals surface area contributed by atoms with Crippen LogP contribution < -0.4 is 14.4 Å². The first-order valence-electron chi connectivity index (χ1n) is 7.62. The monoisotopic (exact) mass is 312 g/mol. The molecule has 2 aromatic rings. The van der Waals surface area contributed by atoms with Crippen molar-refractivity contribution in [2.75, 3.05) is 25.2 Å². The van der Waals surface area contributed by atoms with Crippen LogP contribution in [0.2, 0.25) is 0 Å². The van der Waals surface area contributed by atoms with Crippen molar-refractivity contribution < 1.29 is 14.3 Å². The number of aryl methyl sites for hydroxylation is 2. The van der Waals surface area contributed by atoms with Crippen molar-refractivity contribution >= 4 is 11.6 Å². The molecule has 0 bridgehead atoms. The summed E-state index contributed by atoms with van der Waals surface area (Å²) < 4.78 is 10.9. The lowest BCUT2D eigenvalue weighted by atomic mass is 10.1. The first-order valence-corrected chi connectivity index (χ1v) is 7.62. The molecule has 0 fully saturated rings. The fourth-order valence-electron chi connectivity index (χ4n) is 2.76. The van der Waals surface area contributed by atoms with E-state index in [-0.39, 0.29) is 12.3 Å². The standard InChI is InChI=1S/C18H20N2O3/c1-12-4-5-16(22-3)14(8-12)10-17(21)20-6-7-23-18-15(20)9-13(2)11-19-18/h4-5,8-9,11H,6-7,10H2,1-3H3. The average molecular weight is 312 g/mol. The van der Waals surface area contributed by atoms with Crippen LogP contribution in [0.4, 0.5) is 5.69 Å². The Labute approximate surface area is 135 Å². The molecule has 0 spiro atoms. The largest absolute Gasteiger partial charge is 0.496 e. The summed E-state index contributed by atoms with van der Waals surface area (Å²) in [4.78, 5) is 18.8. The number of ether oxygens (including phenoxy) is 2. The molecule has 1 aliphatic rings. The van der Waals surface area contributed by atoms with Gasteiger partial charge in [-0.15, -0.1) is 0 Å². The molecule has 1 aliphatic heterocycles. The maximum atomic E-state index is 12.8. The zero-order valence-corrected chi connectivity index (χ0v) is 13.6. The molecule has 0 saturated carbocycles. The SMILES string of the molecule is COc1ccc(C)cc1CC(=O)N1CCOc2ncc(C)cc21. The van der Waals surface area contributed by atoms with E-state index >= 15 is 0 Å². The van der Waals surface area contributed by atoms with E-state index in [0.29, 0.717) is 19.0 Å². The van der Waals surface area contributed by atoms with Crippen LogP contribution in [0.1, 0.15) is 16.7 Å². The van der Waals surface area contributed by atoms with Gasteiger partial charge in [0.25, 0.3) is 0 Å². The molecule has 0 unspecified atom stereocenters. The second kappa shape index (κ2) is 6.28. The minimum atomic E-state index is 0.0193. The number of hydrogen-bond donors (Lipinski definition) is 0. The van der Waals surface area contributed by atoms with Crippen LogP contribution >= 0.6 is 0 Å². The number of carbonyl (C=O) groups is 1. The van der Waals surface area contributed by atoms with Crippen LogP contribution in [0.15, 0.2) is 30.5 Å². The van der Waals surface area contributed by atoms with Gasteiger partial charge in [0.2, 0.25) is 11.8 Å². The van der Waals surface area contributed by atoms with Crippen molar-refractivity contribution in [3.05, 3.63) is 47.2 Å². The minimum absolute atomic E-state index is 0.0193. The average Bonchev–Trinajstić information content (AvgIpc) is 2.54. The Kier molecular flexibility index (Phi) is 4.19. The highest BCUT2D eigenvalue weighted by Crippen LogP contribution is 2.31. The van der Waals surface area contributed by atoms with Crippen LogP contribution in [-0.2, 0) is 11.2 Å². The molecule has 5 heteroatoms. The van der Waals surface area contributed by atoms with E-state index in [1.54, 1.807) is 18.2 Å². The summed E-state index contributed by atoms with van der Waals surface area (Å²) in [5.74, 6) is 1.28. The zero-order valence-electron chi connectivity index (χ0n) is 13.6. The van der Waals surface area contributed by atoms with E-state index in [2.05, 4.69) is 4.98 Å². The number of hydrogen-bond acceptors (Lipinski definition) is 4. The fourth-order valence-corrected chi connectivity index (χ4v) is 2.76. The second-order valence-corrected chi connectivity index (χ2v) is 5.72. The Balaban J connectivity index is 1.88. The van der Waals surface area contributed by atoms with Gasteiger partial charge in [0.05, 0.1) is 20.1 Å². The molecule has 1 aromatic carbocycles. The zero-order chi connectivity index (χ0) is 16.4. The summed E-state index contributed by atoms with van der Waals surface area (Å²) in [6.07, 6.45) is 2.04. The number of carbonyl (C=O) groups excluding carboxylic acids is 1. The van der Waals surface area contributed by atoms with Crippen LogP contribution in [0.25, 0.3) is 0 Å². The number of methoxy groups -OCH3 is 1. The number of amides is 1. The van der Waals surface area contributed by atoms with Crippen molar-refractivity contribution in [3.63, 3.8) is 0 Å². The topological polar surface area (TPSA) is 51.7 Å². The van der Waals surface area contributed by atoms with Gasteiger partial charge in [0.1, 0.15) is 18.0 Å². The Morgan fingerprint density at radius 2 is 2.13 bits per heavy atom. The van der Waals surface area contributed by atoms with Gasteiger partial charge in [-0.05, 0) is 31.5 Å². The number of rotatable bonds is 3. The predicted molar refractivity (Wildman–Crippen MR) is 88.3 cm³/mol. The lowest BCUT2D eigenvalue weighted by molar-refractivity contribution is -0.118. The summed E-state index contributed by atoms with van der Waals surface area (Å²) in [5, 5.41) is 0. The summed E-state index contributed by atoms with van der Waals surface area (Å²) in [6, 6.07) is 7.81. The molecular formula is C18H20N2O3. The Morgan fingerprint density at radius 3 is 2.91 bits per heavy atom. The number of nitrogens with zero attached hydrogens (tertiary/aromatic N) is 2. The molecule has 23 heavy (non-hydrogen) atoms. The van der Waals surface area contributed by atoms with Crippen molar-refractivity contribution in [2.24, 2.45) is 0 Å². The lowest BCUT2D eigenvalue weighted by Gasteiger charge is -2.29. The molecule has 0 N–H and O–H groups in total. The van der Waals surface area contributed by atoms with Gasteiger partial charge in [0.15, 0.2) is 0 Å². The number of aromatic nitrogens is 1. The summed E-state index contributed by atoms with van der Waals surface area (Å²) >= 11 is 0. The molecule has 1 aromatic heterocycles. The smallest absolute Gasteiger partial charge is 0.238 e. The molecule has 1 amide bonds. The van der Waals surface area contributed by atoms with Gasteiger partial charge >= 0.3 is 0 Å². The highest BCUT2D eigenvalue weighted by Gasteiger charge is 2.25. The Bertz CT molecular complexity index is 743. The van der Waals surface area contributed by atoms with Gasteiger partial charge < -0.3 is 14.4 Å². The number of anilines is 1. The van der Waals surface area contributed by atoms with Gasteiger partial charge in [-0.3, -0.25) is 4.79 Å². The summed E-state index contributed by atoms with van der Waals surface area (Å²) in [7, 11) is 1.62. The highest BCUT2D eigenvalue weighted by atomic mass is 16.5. The van der Waals surface area contributed by atoms with Gasteiger partial charge in [-0.2, -0.15) is 0 Å². The van der Waals surface area contributed by atoms with Crippen molar-refractivity contribution in [3.8, 4) is 11.6 Å². The van der Waals surface area contributed by atoms with E-state index in [0.717, 1.165) is 28.1 Å². The highest BCUT2D eigenvalue weighted by molar-refractivity contribution is 5.96. The number of fused-ring (bicyclic) bond motifs is 1. The van der Waals surface area contributed by atoms with Crippen LogP contribution in [-0.4, -0.2) is 31.2 Å². The number of pyridine rings is 1. The van der Waals surface area contributed by atoms with Crippen molar-refractivity contribution in [1.29, 1.82) is 0 Å². The maximum Gasteiger partial charge on any atom is 0.238 e. The maximum absolute atomic E-state index is 12.8. The molecule has 0 atom stereocenters. The van der Waals surface area contributed by atoms with Crippen LogP contribution in [0, 0.1) is 13.8 Å². The second-order valence-electron chi connectivity index (χ2n) is 5.72. The van der Waals surface area contributed by atoms with E-state index in [4.69, 9.17) is 9.47 Å². The molecular weight excluding hydrogens is 292 g/mol. The van der Waals surface area contributed by atoms with E-state index < -0.39 is 0 Å². The quantitative estimate of drug-likeness (QED) is 0.874. The fraction of sp³-hybridized carbons (Fsp3) is 0.333. The lowest BCUT2D eigenvalue weighted by Crippen LogP contribution is -2.39. The third kappa shape index (κ3) is 3.13. The summed E-state index contributed by atoms with van der Waals surface area (Å²) in [5.41, 5.74) is 3.74. The minimum Gasteiger partial charge on any atom is -0.496 e. The van der Waals surface area contributed by atoms with Gasteiger partial charge in [0, 0.05) is 11.8 Å². The molecule has 120 valence electrons. The predicted octanol–water partition coefficient (Wildman–Crippen LogP) is 2.68. The molecule has 2 heterocycles. The first-order chi connectivity index (χ1) is 11.1. The van der Waals surface area contributed by atoms with Gasteiger partial charge in [-0.25, -0.2) is 4.98 Å². The molecule has 0 radical (unpaired) electrons. The van der Waals surface area contributed by atoms with E-state index in [1.807, 2.05) is 38.1 Å². The molecule has 5 nitrogen and oxygen atoms in total. The molecule has 0 aliphatic carbocycles. The van der Waals surface area contributed by atoms with Crippen molar-refractivity contribution in [1.82, 2.24) is 4.98 Å². The van der Waals surface area contributed by atoms with Crippen LogP contribution in [0.3, 0.4) is 0 Å².